The molecule has 7 nitrogen and oxygen atoms in total. The monoisotopic (exact) mass is 558 g/mol. The summed E-state index contributed by atoms with van der Waals surface area (Å²) in [5.41, 5.74) is 4.27. The highest BCUT2D eigenvalue weighted by molar-refractivity contribution is 8.13. The third-order valence-corrected chi connectivity index (χ3v) is 7.22. The molecule has 1 fully saturated rings. The van der Waals surface area contributed by atoms with Gasteiger partial charge in [0, 0.05) is 49.7 Å². The van der Waals surface area contributed by atoms with Crippen molar-refractivity contribution in [1.29, 1.82) is 0 Å². The minimum absolute atomic E-state index is 0.113. The van der Waals surface area contributed by atoms with E-state index in [2.05, 4.69) is 75.1 Å². The minimum Gasteiger partial charge on any atom is -0.394 e. The minimum atomic E-state index is 0.113. The molecule has 1 aliphatic carbocycles. The first-order valence-electron chi connectivity index (χ1n) is 14.0. The van der Waals surface area contributed by atoms with E-state index in [0.717, 1.165) is 61.6 Å². The molecule has 1 aromatic carbocycles. The van der Waals surface area contributed by atoms with Crippen LogP contribution >= 0.6 is 11.8 Å². The van der Waals surface area contributed by atoms with Crippen LogP contribution in [0.25, 0.3) is 0 Å². The predicted molar refractivity (Wildman–Crippen MR) is 169 cm³/mol. The van der Waals surface area contributed by atoms with Gasteiger partial charge in [0.25, 0.3) is 5.24 Å². The van der Waals surface area contributed by atoms with Crippen LogP contribution in [0.2, 0.25) is 0 Å². The summed E-state index contributed by atoms with van der Waals surface area (Å²) in [6.07, 6.45) is 23.3. The van der Waals surface area contributed by atoms with Crippen molar-refractivity contribution in [3.63, 3.8) is 0 Å². The molecular weight excluding hydrogens is 516 g/mol. The Hall–Kier alpha value is -3.62. The molecule has 4 rings (SSSR count). The highest BCUT2D eigenvalue weighted by Crippen LogP contribution is 2.25. The number of hydrogen-bond donors (Lipinski definition) is 2. The molecule has 2 aromatic rings. The van der Waals surface area contributed by atoms with Crippen LogP contribution in [0.15, 0.2) is 101 Å². The van der Waals surface area contributed by atoms with Gasteiger partial charge in [0.1, 0.15) is 0 Å². The van der Waals surface area contributed by atoms with Crippen molar-refractivity contribution >= 4 is 28.6 Å². The van der Waals surface area contributed by atoms with Crippen LogP contribution in [0, 0.1) is 0 Å². The molecule has 2 heterocycles. The van der Waals surface area contributed by atoms with Crippen molar-refractivity contribution in [2.45, 2.75) is 38.0 Å². The fourth-order valence-electron chi connectivity index (χ4n) is 4.11. The van der Waals surface area contributed by atoms with Gasteiger partial charge in [0.2, 0.25) is 5.95 Å². The molecule has 2 aliphatic rings. The van der Waals surface area contributed by atoms with Crippen molar-refractivity contribution in [2.24, 2.45) is 0 Å². The number of rotatable bonds is 8. The maximum atomic E-state index is 12.7. The van der Waals surface area contributed by atoms with Crippen LogP contribution in [-0.4, -0.2) is 65.3 Å². The largest absolute Gasteiger partial charge is 0.394 e. The SMILES string of the molecule is CC.CN/C=C\C1=C(C=CCc2cnc(Nc3ccc(SC(=O)N4CCCN(C)CC4)cc3)nc2)C=CCC=C1. The van der Waals surface area contributed by atoms with Gasteiger partial charge in [0.15, 0.2) is 0 Å². The highest BCUT2D eigenvalue weighted by atomic mass is 32.2. The number of aromatic nitrogens is 2. The molecule has 40 heavy (non-hydrogen) atoms. The van der Waals surface area contributed by atoms with Crippen LogP contribution < -0.4 is 10.6 Å². The summed E-state index contributed by atoms with van der Waals surface area (Å²) in [7, 11) is 4.00. The van der Waals surface area contributed by atoms with Crippen molar-refractivity contribution in [3.8, 4) is 0 Å². The standard InChI is InChI=1S/C30H36N6OS.C2H6/c1-31-17-16-26-10-5-3-4-9-25(26)11-6-8-24-22-32-29(33-23-24)34-27-12-14-28(15-13-27)38-30(37)36-19-7-18-35(2)20-21-36;1-2/h4-6,9-17,22-23,31H,3,7-8,18-21H2,1-2H3,(H,32,33,34);1-2H3/b11-6?,17-16-;. The second kappa shape index (κ2) is 17.2. The lowest BCUT2D eigenvalue weighted by molar-refractivity contribution is 0.224. The van der Waals surface area contributed by atoms with E-state index in [1.54, 1.807) is 0 Å². The van der Waals surface area contributed by atoms with Crippen LogP contribution in [0.4, 0.5) is 16.4 Å². The third kappa shape index (κ3) is 10.2. The number of allylic oxidation sites excluding steroid dienone is 9. The van der Waals surface area contributed by atoms with Gasteiger partial charge in [-0.15, -0.1) is 0 Å². The van der Waals surface area contributed by atoms with Crippen molar-refractivity contribution in [3.05, 3.63) is 102 Å². The number of amides is 1. The maximum Gasteiger partial charge on any atom is 0.286 e. The first-order valence-corrected chi connectivity index (χ1v) is 14.8. The molecule has 2 N–H and O–H groups in total. The molecule has 1 aromatic heterocycles. The van der Waals surface area contributed by atoms with Crippen molar-refractivity contribution in [1.82, 2.24) is 25.1 Å². The van der Waals surface area contributed by atoms with E-state index in [4.69, 9.17) is 0 Å². The average molecular weight is 559 g/mol. The van der Waals surface area contributed by atoms with Gasteiger partial charge in [-0.1, -0.05) is 50.3 Å². The van der Waals surface area contributed by atoms with Crippen LogP contribution in [0.3, 0.4) is 0 Å². The summed E-state index contributed by atoms with van der Waals surface area (Å²) >= 11 is 1.29. The summed E-state index contributed by atoms with van der Waals surface area (Å²) < 4.78 is 0. The number of carbonyl (C=O) groups excluding carboxylic acids is 1. The van der Waals surface area contributed by atoms with E-state index in [9.17, 15) is 4.79 Å². The Morgan fingerprint density at radius 3 is 2.38 bits per heavy atom. The molecular formula is C32H42N6OS. The van der Waals surface area contributed by atoms with E-state index in [0.29, 0.717) is 5.95 Å². The number of likely N-dealkylation sites (N-methyl/N-ethyl adjacent to an activating group) is 1. The van der Waals surface area contributed by atoms with Crippen LogP contribution in [0.1, 0.15) is 32.3 Å². The molecule has 1 amide bonds. The first kappa shape index (κ1) is 30.9. The second-order valence-corrected chi connectivity index (χ2v) is 10.3. The van der Waals surface area contributed by atoms with Gasteiger partial charge in [-0.05, 0) is 97.9 Å². The maximum absolute atomic E-state index is 12.7. The molecule has 212 valence electrons. The summed E-state index contributed by atoms with van der Waals surface area (Å²) in [4.78, 5) is 26.8. The Kier molecular flexibility index (Phi) is 13.3. The molecule has 0 saturated carbocycles. The van der Waals surface area contributed by atoms with Gasteiger partial charge in [-0.3, -0.25) is 4.79 Å². The fourth-order valence-corrected chi connectivity index (χ4v) is 4.90. The van der Waals surface area contributed by atoms with Gasteiger partial charge >= 0.3 is 0 Å². The van der Waals surface area contributed by atoms with Crippen LogP contribution in [0.5, 0.6) is 0 Å². The first-order chi connectivity index (χ1) is 19.6. The van der Waals surface area contributed by atoms with Crippen molar-refractivity contribution < 1.29 is 4.79 Å². The Morgan fingerprint density at radius 1 is 0.975 bits per heavy atom. The molecule has 0 spiro atoms. The highest BCUT2D eigenvalue weighted by Gasteiger charge is 2.18. The van der Waals surface area contributed by atoms with E-state index in [1.165, 1.54) is 22.9 Å². The lowest BCUT2D eigenvalue weighted by atomic mass is 10.1. The zero-order valence-corrected chi connectivity index (χ0v) is 25.0. The molecule has 0 bridgehead atoms. The van der Waals surface area contributed by atoms with E-state index in [1.807, 2.05) is 68.7 Å². The molecule has 0 atom stereocenters. The predicted octanol–water partition coefficient (Wildman–Crippen LogP) is 6.74. The molecule has 0 radical (unpaired) electrons. The summed E-state index contributed by atoms with van der Waals surface area (Å²) in [6.45, 7) is 7.57. The Morgan fingerprint density at radius 2 is 1.68 bits per heavy atom. The van der Waals surface area contributed by atoms with Gasteiger partial charge in [-0.25, -0.2) is 9.97 Å². The lowest BCUT2D eigenvalue weighted by Crippen LogP contribution is -2.31. The Balaban J connectivity index is 0.00000216. The Labute approximate surface area is 243 Å². The quantitative estimate of drug-likeness (QED) is 0.348. The van der Waals surface area contributed by atoms with Crippen molar-refractivity contribution in [2.75, 3.05) is 45.6 Å². The Bertz CT molecular complexity index is 1210. The number of hydrogen-bond acceptors (Lipinski definition) is 7. The third-order valence-electron chi connectivity index (χ3n) is 6.28. The number of carbonyl (C=O) groups is 1. The summed E-state index contributed by atoms with van der Waals surface area (Å²) in [6, 6.07) is 7.82. The van der Waals surface area contributed by atoms with Gasteiger partial charge in [-0.2, -0.15) is 0 Å². The number of benzene rings is 1. The average Bonchev–Trinajstić information content (AvgIpc) is 3.35. The molecule has 1 saturated heterocycles. The van der Waals surface area contributed by atoms with E-state index < -0.39 is 0 Å². The fraction of sp³-hybridized carbons (Fsp3) is 0.344. The van der Waals surface area contributed by atoms with E-state index >= 15 is 0 Å². The van der Waals surface area contributed by atoms with Crippen LogP contribution in [-0.2, 0) is 6.42 Å². The van der Waals surface area contributed by atoms with Gasteiger partial charge in [0.05, 0.1) is 0 Å². The number of nitrogens with zero attached hydrogens (tertiary/aromatic N) is 4. The second-order valence-electron chi connectivity index (χ2n) is 9.26. The zero-order valence-electron chi connectivity index (χ0n) is 24.1. The number of thioether (sulfide) groups is 1. The molecule has 1 aliphatic heterocycles. The smallest absolute Gasteiger partial charge is 0.286 e. The molecule has 0 unspecified atom stereocenters. The number of anilines is 2. The topological polar surface area (TPSA) is 73.4 Å². The number of nitrogens with one attached hydrogen (secondary N) is 2. The normalized spacial score (nSPS) is 16.1. The summed E-state index contributed by atoms with van der Waals surface area (Å²) in [5, 5.41) is 6.40. The van der Waals surface area contributed by atoms with Gasteiger partial charge < -0.3 is 20.4 Å². The van der Waals surface area contributed by atoms with E-state index in [-0.39, 0.29) is 5.24 Å². The molecule has 8 heteroatoms. The zero-order chi connectivity index (χ0) is 28.6. The summed E-state index contributed by atoms with van der Waals surface area (Å²) in [5.74, 6) is 0.543. The lowest BCUT2D eigenvalue weighted by Gasteiger charge is -2.19.